The van der Waals surface area contributed by atoms with Crippen LogP contribution in [0.25, 0.3) is 0 Å². The second-order valence-corrected chi connectivity index (χ2v) is 4.79. The topological polar surface area (TPSA) is 93.4 Å². The number of hydrogen-bond acceptors (Lipinski definition) is 5. The second-order valence-electron chi connectivity index (χ2n) is 4.79. The summed E-state index contributed by atoms with van der Waals surface area (Å²) in [6.45, 7) is 3.99. The van der Waals surface area contributed by atoms with Gasteiger partial charge in [0, 0.05) is 0 Å². The Morgan fingerprint density at radius 1 is 1.32 bits per heavy atom. The quantitative estimate of drug-likeness (QED) is 0.389. The van der Waals surface area contributed by atoms with Crippen molar-refractivity contribution in [2.24, 2.45) is 5.73 Å². The molecule has 0 aliphatic heterocycles. The summed E-state index contributed by atoms with van der Waals surface area (Å²) in [4.78, 5) is 22.9. The van der Waals surface area contributed by atoms with Gasteiger partial charge in [0.1, 0.15) is 5.54 Å². The number of nitrogens with two attached hydrogens (primary N) is 1. The molecule has 0 aromatic heterocycles. The van der Waals surface area contributed by atoms with Gasteiger partial charge in [-0.25, -0.2) is 0 Å². The van der Waals surface area contributed by atoms with Crippen LogP contribution in [0.1, 0.15) is 39.5 Å². The number of hydrogen-bond donors (Lipinski definition) is 3. The molecule has 0 spiro atoms. The van der Waals surface area contributed by atoms with E-state index in [1.54, 1.807) is 21.0 Å². The van der Waals surface area contributed by atoms with E-state index in [-0.39, 0.29) is 17.9 Å². The van der Waals surface area contributed by atoms with Gasteiger partial charge in [-0.3, -0.25) is 9.59 Å². The molecular formula is C13H27N3O3. The fraction of sp³-hybridized carbons (Fsp3) is 0.846. The molecule has 0 bridgehead atoms. The highest BCUT2D eigenvalue weighted by atomic mass is 16.5. The molecule has 0 heterocycles. The number of rotatable bonds is 10. The molecule has 0 fully saturated rings. The molecule has 19 heavy (non-hydrogen) atoms. The first kappa shape index (κ1) is 17.9. The van der Waals surface area contributed by atoms with E-state index in [0.717, 1.165) is 12.8 Å². The maximum absolute atomic E-state index is 11.8. The lowest BCUT2D eigenvalue weighted by Crippen LogP contribution is -2.48. The summed E-state index contributed by atoms with van der Waals surface area (Å²) in [5, 5.41) is 5.88. The molecule has 2 atom stereocenters. The van der Waals surface area contributed by atoms with Crippen LogP contribution >= 0.6 is 0 Å². The Hall–Kier alpha value is -1.14. The number of unbranched alkanes of at least 4 members (excludes halogenated alkanes) is 1. The zero-order valence-electron chi connectivity index (χ0n) is 12.4. The van der Waals surface area contributed by atoms with E-state index in [4.69, 9.17) is 10.5 Å². The molecular weight excluding hydrogens is 246 g/mol. The smallest absolute Gasteiger partial charge is 0.326 e. The lowest BCUT2D eigenvalue weighted by Gasteiger charge is -2.26. The standard InChI is InChI=1S/C13H27N3O3/c1-5-19-12(18)13(2,16-4)9-7-6-8-10(15-3)11(14)17/h10,15-16H,5-9H2,1-4H3,(H2,14,17). The van der Waals surface area contributed by atoms with Crippen LogP contribution in [0, 0.1) is 0 Å². The van der Waals surface area contributed by atoms with Gasteiger partial charge in [-0.1, -0.05) is 12.8 Å². The Bertz CT molecular complexity index is 297. The molecule has 0 radical (unpaired) electrons. The highest BCUT2D eigenvalue weighted by Crippen LogP contribution is 2.17. The maximum Gasteiger partial charge on any atom is 0.326 e. The van der Waals surface area contributed by atoms with Gasteiger partial charge in [-0.15, -0.1) is 0 Å². The van der Waals surface area contributed by atoms with Gasteiger partial charge in [0.25, 0.3) is 0 Å². The van der Waals surface area contributed by atoms with Crippen molar-refractivity contribution in [1.82, 2.24) is 10.6 Å². The lowest BCUT2D eigenvalue weighted by molar-refractivity contribution is -0.150. The van der Waals surface area contributed by atoms with Crippen molar-refractivity contribution in [3.8, 4) is 0 Å². The molecule has 4 N–H and O–H groups in total. The van der Waals surface area contributed by atoms with Gasteiger partial charge < -0.3 is 21.1 Å². The molecule has 0 aromatic carbocycles. The molecule has 2 unspecified atom stereocenters. The minimum atomic E-state index is -0.669. The van der Waals surface area contributed by atoms with Gasteiger partial charge >= 0.3 is 5.97 Å². The van der Waals surface area contributed by atoms with Crippen molar-refractivity contribution in [2.75, 3.05) is 20.7 Å². The van der Waals surface area contributed by atoms with Crippen molar-refractivity contribution in [2.45, 2.75) is 51.1 Å². The molecule has 0 saturated heterocycles. The Morgan fingerprint density at radius 3 is 2.37 bits per heavy atom. The van der Waals surface area contributed by atoms with Crippen LogP contribution in [-0.2, 0) is 14.3 Å². The highest BCUT2D eigenvalue weighted by molar-refractivity contribution is 5.80. The predicted molar refractivity (Wildman–Crippen MR) is 74.6 cm³/mol. The number of amides is 1. The molecule has 0 aliphatic carbocycles. The minimum Gasteiger partial charge on any atom is -0.465 e. The zero-order valence-corrected chi connectivity index (χ0v) is 12.4. The number of likely N-dealkylation sites (N-methyl/N-ethyl adjacent to an activating group) is 2. The Balaban J connectivity index is 4.15. The van der Waals surface area contributed by atoms with E-state index in [0.29, 0.717) is 19.4 Å². The van der Waals surface area contributed by atoms with Crippen LogP contribution in [0.15, 0.2) is 0 Å². The Kier molecular flexibility index (Phi) is 8.34. The first-order chi connectivity index (χ1) is 8.91. The zero-order chi connectivity index (χ0) is 14.9. The summed E-state index contributed by atoms with van der Waals surface area (Å²) in [5.41, 5.74) is 4.57. The van der Waals surface area contributed by atoms with Crippen molar-refractivity contribution < 1.29 is 14.3 Å². The van der Waals surface area contributed by atoms with E-state index >= 15 is 0 Å². The number of nitrogens with one attached hydrogen (secondary N) is 2. The molecule has 0 saturated carbocycles. The molecule has 0 aromatic rings. The third kappa shape index (κ3) is 6.02. The van der Waals surface area contributed by atoms with Crippen molar-refractivity contribution in [1.29, 1.82) is 0 Å². The lowest BCUT2D eigenvalue weighted by atomic mass is 9.94. The number of ether oxygens (including phenoxy) is 1. The highest BCUT2D eigenvalue weighted by Gasteiger charge is 2.32. The van der Waals surface area contributed by atoms with Gasteiger partial charge in [-0.2, -0.15) is 0 Å². The number of carbonyl (C=O) groups is 2. The van der Waals surface area contributed by atoms with Crippen LogP contribution in [0.4, 0.5) is 0 Å². The van der Waals surface area contributed by atoms with Gasteiger partial charge in [0.15, 0.2) is 0 Å². The monoisotopic (exact) mass is 273 g/mol. The summed E-state index contributed by atoms with van der Waals surface area (Å²) in [6, 6.07) is -0.302. The first-order valence-electron chi connectivity index (χ1n) is 6.74. The van der Waals surface area contributed by atoms with Crippen LogP contribution < -0.4 is 16.4 Å². The van der Waals surface area contributed by atoms with E-state index < -0.39 is 5.54 Å². The molecule has 112 valence electrons. The third-order valence-corrected chi connectivity index (χ3v) is 3.39. The van der Waals surface area contributed by atoms with Gasteiger partial charge in [0.2, 0.25) is 5.91 Å². The molecule has 0 aliphatic rings. The normalized spacial score (nSPS) is 15.6. The third-order valence-electron chi connectivity index (χ3n) is 3.39. The molecule has 6 heteroatoms. The predicted octanol–water partition coefficient (Wildman–Crippen LogP) is 0.161. The number of primary amides is 1. The Labute approximate surface area is 115 Å². The molecule has 6 nitrogen and oxygen atoms in total. The average Bonchev–Trinajstić information content (AvgIpc) is 2.38. The van der Waals surface area contributed by atoms with Crippen LogP contribution in [0.5, 0.6) is 0 Å². The molecule has 0 rings (SSSR count). The van der Waals surface area contributed by atoms with Crippen molar-refractivity contribution in [3.05, 3.63) is 0 Å². The maximum atomic E-state index is 11.8. The fourth-order valence-electron chi connectivity index (χ4n) is 1.88. The largest absolute Gasteiger partial charge is 0.465 e. The van der Waals surface area contributed by atoms with Crippen LogP contribution in [0.2, 0.25) is 0 Å². The van der Waals surface area contributed by atoms with Gasteiger partial charge in [0.05, 0.1) is 12.6 Å². The summed E-state index contributed by atoms with van der Waals surface area (Å²) < 4.78 is 5.05. The fourth-order valence-corrected chi connectivity index (χ4v) is 1.88. The van der Waals surface area contributed by atoms with Crippen LogP contribution in [-0.4, -0.2) is 44.2 Å². The SMILES string of the molecule is CCOC(=O)C(C)(CCCCC(NC)C(N)=O)NC. The number of esters is 1. The van der Waals surface area contributed by atoms with Crippen molar-refractivity contribution in [3.63, 3.8) is 0 Å². The summed E-state index contributed by atoms with van der Waals surface area (Å²) in [5.74, 6) is -0.582. The van der Waals surface area contributed by atoms with E-state index in [9.17, 15) is 9.59 Å². The van der Waals surface area contributed by atoms with Crippen LogP contribution in [0.3, 0.4) is 0 Å². The van der Waals surface area contributed by atoms with E-state index in [2.05, 4.69) is 10.6 Å². The summed E-state index contributed by atoms with van der Waals surface area (Å²) >= 11 is 0. The summed E-state index contributed by atoms with van der Waals surface area (Å²) in [7, 11) is 3.46. The van der Waals surface area contributed by atoms with Crippen molar-refractivity contribution >= 4 is 11.9 Å². The number of carbonyl (C=O) groups excluding carboxylic acids is 2. The minimum absolute atomic E-state index is 0.238. The average molecular weight is 273 g/mol. The van der Waals surface area contributed by atoms with Gasteiger partial charge in [-0.05, 0) is 40.8 Å². The molecule has 1 amide bonds. The Morgan fingerprint density at radius 2 is 1.95 bits per heavy atom. The first-order valence-corrected chi connectivity index (χ1v) is 6.74. The summed E-state index contributed by atoms with van der Waals surface area (Å²) in [6.07, 6.45) is 2.98. The second kappa shape index (κ2) is 8.87. The van der Waals surface area contributed by atoms with E-state index in [1.165, 1.54) is 0 Å². The van der Waals surface area contributed by atoms with E-state index in [1.807, 2.05) is 6.92 Å².